The van der Waals surface area contributed by atoms with Gasteiger partial charge in [-0.2, -0.15) is 0 Å². The monoisotopic (exact) mass is 277 g/mol. The fourth-order valence-corrected chi connectivity index (χ4v) is 2.71. The predicted molar refractivity (Wildman–Crippen MR) is 61.5 cm³/mol. The molecule has 7 nitrogen and oxygen atoms in total. The van der Waals surface area contributed by atoms with Gasteiger partial charge in [0.25, 0.3) is 0 Å². The molecule has 1 fully saturated rings. The first-order valence-electron chi connectivity index (χ1n) is 5.41. The number of nitrogens with zero attached hydrogens (tertiary/aromatic N) is 1. The van der Waals surface area contributed by atoms with Crippen molar-refractivity contribution < 1.29 is 27.5 Å². The number of carbonyl (C=O) groups excluding carboxylic acids is 3. The molecule has 1 amide bonds. The van der Waals surface area contributed by atoms with E-state index in [2.05, 4.69) is 4.74 Å². The van der Waals surface area contributed by atoms with Crippen LogP contribution in [0.5, 0.6) is 0 Å². The van der Waals surface area contributed by atoms with E-state index in [0.29, 0.717) is 0 Å². The third kappa shape index (κ3) is 4.44. The molecule has 1 saturated heterocycles. The van der Waals surface area contributed by atoms with E-state index < -0.39 is 33.2 Å². The maximum absolute atomic E-state index is 11.7. The summed E-state index contributed by atoms with van der Waals surface area (Å²) < 4.78 is 27.2. The number of likely N-dealkylation sites (tertiary alicyclic amines) is 1. The van der Waals surface area contributed by atoms with Crippen molar-refractivity contribution in [1.82, 2.24) is 4.90 Å². The Hall–Kier alpha value is -1.44. The second kappa shape index (κ2) is 5.94. The molecule has 0 bridgehead atoms. The summed E-state index contributed by atoms with van der Waals surface area (Å²) in [6.45, 7) is 0.483. The largest absolute Gasteiger partial charge is 0.468 e. The second-order valence-electron chi connectivity index (χ2n) is 4.03. The highest BCUT2D eigenvalue weighted by Crippen LogP contribution is 2.07. The van der Waals surface area contributed by atoms with Crippen LogP contribution in [0.4, 0.5) is 0 Å². The number of carbonyl (C=O) groups is 3. The molecule has 0 aromatic rings. The average molecular weight is 277 g/mol. The summed E-state index contributed by atoms with van der Waals surface area (Å²) in [7, 11) is -2.73. The van der Waals surface area contributed by atoms with E-state index in [9.17, 15) is 22.8 Å². The molecule has 0 N–H and O–H groups in total. The van der Waals surface area contributed by atoms with Gasteiger partial charge in [0.1, 0.15) is 17.3 Å². The molecule has 18 heavy (non-hydrogen) atoms. The van der Waals surface area contributed by atoms with Gasteiger partial charge in [0.15, 0.2) is 9.84 Å². The van der Waals surface area contributed by atoms with Crippen molar-refractivity contribution in [2.45, 2.75) is 12.8 Å². The predicted octanol–water partition coefficient (Wildman–Crippen LogP) is -1.23. The first kappa shape index (κ1) is 14.6. The fourth-order valence-electron chi connectivity index (χ4n) is 1.57. The van der Waals surface area contributed by atoms with Crippen LogP contribution in [-0.2, 0) is 29.0 Å². The number of methoxy groups -OCH3 is 1. The van der Waals surface area contributed by atoms with Crippen molar-refractivity contribution >= 4 is 27.5 Å². The Kier molecular flexibility index (Phi) is 4.83. The number of amides is 1. The maximum Gasteiger partial charge on any atom is 0.320 e. The zero-order valence-corrected chi connectivity index (χ0v) is 10.9. The number of hydrogen-bond donors (Lipinski definition) is 0. The van der Waals surface area contributed by atoms with E-state index in [1.54, 1.807) is 0 Å². The fraction of sp³-hybridized carbons (Fsp3) is 0.700. The third-order valence-corrected chi connectivity index (χ3v) is 3.94. The first-order chi connectivity index (χ1) is 8.34. The lowest BCUT2D eigenvalue weighted by Crippen LogP contribution is -2.42. The Morgan fingerprint density at radius 3 is 2.28 bits per heavy atom. The van der Waals surface area contributed by atoms with Crippen molar-refractivity contribution in [3.8, 4) is 0 Å². The van der Waals surface area contributed by atoms with E-state index in [-0.39, 0.29) is 31.7 Å². The molecule has 0 atom stereocenters. The lowest BCUT2D eigenvalue weighted by atomic mass is 10.1. The Balaban J connectivity index is 2.53. The molecule has 1 aliphatic heterocycles. The van der Waals surface area contributed by atoms with Crippen molar-refractivity contribution in [3.05, 3.63) is 0 Å². The molecular weight excluding hydrogens is 262 g/mol. The van der Waals surface area contributed by atoms with Gasteiger partial charge in [-0.05, 0) is 0 Å². The Bertz CT molecular complexity index is 445. The topological polar surface area (TPSA) is 97.8 Å². The molecule has 0 aliphatic carbocycles. The Labute approximate surface area is 105 Å². The Morgan fingerprint density at radius 2 is 1.78 bits per heavy atom. The van der Waals surface area contributed by atoms with E-state index in [0.717, 1.165) is 7.11 Å². The van der Waals surface area contributed by atoms with Gasteiger partial charge in [-0.1, -0.05) is 0 Å². The number of Topliss-reactive ketones (excluding diaryl/α,β-unsaturated/α-hetero) is 1. The minimum atomic E-state index is -3.81. The van der Waals surface area contributed by atoms with Crippen LogP contribution in [0.15, 0.2) is 0 Å². The van der Waals surface area contributed by atoms with Gasteiger partial charge in [0, 0.05) is 25.9 Å². The van der Waals surface area contributed by atoms with Gasteiger partial charge in [0.05, 0.1) is 7.11 Å². The van der Waals surface area contributed by atoms with Gasteiger partial charge in [-0.25, -0.2) is 8.42 Å². The maximum atomic E-state index is 11.7. The summed E-state index contributed by atoms with van der Waals surface area (Å²) in [6.07, 6.45) is 0.506. The highest BCUT2D eigenvalue weighted by molar-refractivity contribution is 7.92. The minimum absolute atomic E-state index is 0.0662. The average Bonchev–Trinajstić information content (AvgIpc) is 2.28. The van der Waals surface area contributed by atoms with E-state index in [1.807, 2.05) is 0 Å². The molecule has 102 valence electrons. The van der Waals surface area contributed by atoms with Gasteiger partial charge in [0.2, 0.25) is 5.91 Å². The molecule has 0 saturated carbocycles. The normalized spacial score (nSPS) is 16.5. The summed E-state index contributed by atoms with van der Waals surface area (Å²) >= 11 is 0. The smallest absolute Gasteiger partial charge is 0.320 e. The number of hydrogen-bond acceptors (Lipinski definition) is 6. The van der Waals surface area contributed by atoms with Crippen LogP contribution in [0, 0.1) is 0 Å². The van der Waals surface area contributed by atoms with Gasteiger partial charge >= 0.3 is 5.97 Å². The van der Waals surface area contributed by atoms with Crippen LogP contribution in [0.3, 0.4) is 0 Å². The number of esters is 1. The Morgan fingerprint density at radius 1 is 1.22 bits per heavy atom. The van der Waals surface area contributed by atoms with E-state index >= 15 is 0 Å². The number of sulfone groups is 1. The van der Waals surface area contributed by atoms with Crippen LogP contribution >= 0.6 is 0 Å². The van der Waals surface area contributed by atoms with Gasteiger partial charge in [-0.3, -0.25) is 14.4 Å². The van der Waals surface area contributed by atoms with Crippen molar-refractivity contribution in [3.63, 3.8) is 0 Å². The second-order valence-corrected chi connectivity index (χ2v) is 6.09. The lowest BCUT2D eigenvalue weighted by Gasteiger charge is -2.25. The molecule has 8 heteroatoms. The molecule has 1 rings (SSSR count). The van der Waals surface area contributed by atoms with Crippen LogP contribution < -0.4 is 0 Å². The molecule has 1 heterocycles. The van der Waals surface area contributed by atoms with E-state index in [1.165, 1.54) is 4.90 Å². The standard InChI is InChI=1S/C10H15NO6S/c1-17-10(14)7-18(15,16)6-9(13)11-4-2-8(12)3-5-11/h2-7H2,1H3. The zero-order chi connectivity index (χ0) is 13.8. The molecule has 0 aromatic heterocycles. The highest BCUT2D eigenvalue weighted by atomic mass is 32.2. The summed E-state index contributed by atoms with van der Waals surface area (Å²) in [5, 5.41) is 0. The van der Waals surface area contributed by atoms with Crippen molar-refractivity contribution in [1.29, 1.82) is 0 Å². The van der Waals surface area contributed by atoms with Crippen LogP contribution in [0.25, 0.3) is 0 Å². The lowest BCUT2D eigenvalue weighted by molar-refractivity contribution is -0.137. The SMILES string of the molecule is COC(=O)CS(=O)(=O)CC(=O)N1CCC(=O)CC1. The molecule has 0 unspecified atom stereocenters. The quantitative estimate of drug-likeness (QED) is 0.596. The van der Waals surface area contributed by atoms with Crippen LogP contribution in [0.1, 0.15) is 12.8 Å². The van der Waals surface area contributed by atoms with E-state index in [4.69, 9.17) is 0 Å². The van der Waals surface area contributed by atoms with Crippen molar-refractivity contribution in [2.75, 3.05) is 31.7 Å². The number of ketones is 1. The summed E-state index contributed by atoms with van der Waals surface area (Å²) in [5.74, 6) is -2.93. The summed E-state index contributed by atoms with van der Waals surface area (Å²) in [5.41, 5.74) is 0. The zero-order valence-electron chi connectivity index (χ0n) is 10.0. The van der Waals surface area contributed by atoms with Gasteiger partial charge in [-0.15, -0.1) is 0 Å². The van der Waals surface area contributed by atoms with Gasteiger partial charge < -0.3 is 9.64 Å². The number of piperidine rings is 1. The molecule has 0 spiro atoms. The molecular formula is C10H15NO6S. The molecule has 0 aromatic carbocycles. The van der Waals surface area contributed by atoms with Crippen LogP contribution in [0.2, 0.25) is 0 Å². The number of rotatable bonds is 4. The molecule has 1 aliphatic rings. The highest BCUT2D eigenvalue weighted by Gasteiger charge is 2.26. The van der Waals surface area contributed by atoms with Crippen LogP contribution in [-0.4, -0.2) is 62.7 Å². The summed E-state index contributed by atoms with van der Waals surface area (Å²) in [6, 6.07) is 0. The molecule has 0 radical (unpaired) electrons. The summed E-state index contributed by atoms with van der Waals surface area (Å²) in [4.78, 5) is 34.8. The first-order valence-corrected chi connectivity index (χ1v) is 7.23. The minimum Gasteiger partial charge on any atom is -0.468 e. The number of ether oxygens (including phenoxy) is 1. The van der Waals surface area contributed by atoms with Crippen molar-refractivity contribution in [2.24, 2.45) is 0 Å². The third-order valence-electron chi connectivity index (χ3n) is 2.58.